The molecule has 94 valence electrons. The van der Waals surface area contributed by atoms with Gasteiger partial charge in [0.05, 0.1) is 6.10 Å². The third-order valence-electron chi connectivity index (χ3n) is 3.81. The zero-order valence-electron chi connectivity index (χ0n) is 10.9. The van der Waals surface area contributed by atoms with Crippen LogP contribution in [-0.4, -0.2) is 10.1 Å². The highest BCUT2D eigenvalue weighted by Crippen LogP contribution is 2.31. The van der Waals surface area contributed by atoms with Crippen molar-refractivity contribution in [2.24, 2.45) is 5.92 Å². The molecule has 0 aliphatic heterocycles. The van der Waals surface area contributed by atoms with Crippen LogP contribution in [0.4, 0.5) is 0 Å². The molecule has 17 heavy (non-hydrogen) atoms. The molecule has 1 N–H and O–H groups in total. The number of hydrogen-bond acceptors (Lipinski definition) is 2. The molecule has 2 heteroatoms. The van der Waals surface area contributed by atoms with E-state index in [1.54, 1.807) is 0 Å². The molecule has 1 aliphatic rings. The number of nitrogens with zero attached hydrogens (tertiary/aromatic N) is 1. The minimum Gasteiger partial charge on any atom is -0.388 e. The Morgan fingerprint density at radius 2 is 1.82 bits per heavy atom. The Morgan fingerprint density at radius 3 is 2.41 bits per heavy atom. The lowest BCUT2D eigenvalue weighted by molar-refractivity contribution is 0.157. The molecule has 1 atom stereocenters. The van der Waals surface area contributed by atoms with Crippen LogP contribution in [-0.2, 0) is 0 Å². The lowest BCUT2D eigenvalue weighted by atomic mass is 9.96. The minimum atomic E-state index is -0.309. The number of aryl methyl sites for hydroxylation is 2. The van der Waals surface area contributed by atoms with E-state index in [0.717, 1.165) is 29.3 Å². The van der Waals surface area contributed by atoms with E-state index >= 15 is 0 Å². The molecular weight excluding hydrogens is 210 g/mol. The van der Waals surface area contributed by atoms with Crippen molar-refractivity contribution in [3.8, 4) is 0 Å². The Labute approximate surface area is 104 Å². The number of aliphatic hydroxyl groups is 1. The van der Waals surface area contributed by atoms with Gasteiger partial charge in [0.1, 0.15) is 0 Å². The number of pyridine rings is 1. The third-order valence-corrected chi connectivity index (χ3v) is 3.81. The van der Waals surface area contributed by atoms with Gasteiger partial charge in [-0.15, -0.1) is 0 Å². The zero-order valence-corrected chi connectivity index (χ0v) is 10.9. The summed E-state index contributed by atoms with van der Waals surface area (Å²) in [5, 5.41) is 10.2. The van der Waals surface area contributed by atoms with E-state index in [2.05, 4.69) is 4.98 Å². The van der Waals surface area contributed by atoms with E-state index in [4.69, 9.17) is 0 Å². The van der Waals surface area contributed by atoms with Crippen LogP contribution in [0.25, 0.3) is 0 Å². The van der Waals surface area contributed by atoms with Crippen molar-refractivity contribution in [2.45, 2.75) is 58.5 Å². The Balaban J connectivity index is 1.91. The quantitative estimate of drug-likeness (QED) is 0.860. The monoisotopic (exact) mass is 233 g/mol. The van der Waals surface area contributed by atoms with Gasteiger partial charge < -0.3 is 5.11 Å². The molecule has 0 bridgehead atoms. The van der Waals surface area contributed by atoms with Gasteiger partial charge in [-0.1, -0.05) is 25.7 Å². The van der Waals surface area contributed by atoms with Crippen LogP contribution in [0.15, 0.2) is 12.1 Å². The standard InChI is InChI=1S/C15H23NO/c1-11-9-14(10-12(2)16-11)15(17)8-7-13-5-3-4-6-13/h9-10,13,15,17H,3-8H2,1-2H3. The molecule has 1 heterocycles. The predicted octanol–water partition coefficient (Wildman–Crippen LogP) is 3.70. The first-order valence-corrected chi connectivity index (χ1v) is 6.78. The Bertz CT molecular complexity index is 349. The summed E-state index contributed by atoms with van der Waals surface area (Å²) in [4.78, 5) is 4.34. The molecule has 0 amide bonds. The fourth-order valence-corrected chi connectivity index (χ4v) is 2.92. The molecular formula is C15H23NO. The summed E-state index contributed by atoms with van der Waals surface area (Å²) in [6.45, 7) is 3.97. The van der Waals surface area contributed by atoms with E-state index < -0.39 is 0 Å². The summed E-state index contributed by atoms with van der Waals surface area (Å²) in [6.07, 6.45) is 7.25. The minimum absolute atomic E-state index is 0.309. The van der Waals surface area contributed by atoms with Crippen LogP contribution in [0.2, 0.25) is 0 Å². The summed E-state index contributed by atoms with van der Waals surface area (Å²) in [6, 6.07) is 4.01. The summed E-state index contributed by atoms with van der Waals surface area (Å²) in [5.41, 5.74) is 3.04. The average molecular weight is 233 g/mol. The average Bonchev–Trinajstić information content (AvgIpc) is 2.77. The van der Waals surface area contributed by atoms with Gasteiger partial charge in [0, 0.05) is 11.4 Å². The van der Waals surface area contributed by atoms with Gasteiger partial charge in [0.15, 0.2) is 0 Å². The van der Waals surface area contributed by atoms with Crippen LogP contribution in [0, 0.1) is 19.8 Å². The second-order valence-corrected chi connectivity index (χ2v) is 5.43. The Hall–Kier alpha value is -0.890. The van der Waals surface area contributed by atoms with Crippen LogP contribution in [0.1, 0.15) is 61.6 Å². The van der Waals surface area contributed by atoms with Crippen molar-refractivity contribution in [1.29, 1.82) is 0 Å². The van der Waals surface area contributed by atoms with Gasteiger partial charge in [-0.2, -0.15) is 0 Å². The molecule has 1 unspecified atom stereocenters. The van der Waals surface area contributed by atoms with Crippen LogP contribution in [0.5, 0.6) is 0 Å². The van der Waals surface area contributed by atoms with Crippen molar-refractivity contribution in [3.05, 3.63) is 29.1 Å². The van der Waals surface area contributed by atoms with Crippen molar-refractivity contribution < 1.29 is 5.11 Å². The number of rotatable bonds is 4. The van der Waals surface area contributed by atoms with E-state index in [0.29, 0.717) is 0 Å². The third kappa shape index (κ3) is 3.53. The SMILES string of the molecule is Cc1cc(C(O)CCC2CCCC2)cc(C)n1. The van der Waals surface area contributed by atoms with Crippen LogP contribution < -0.4 is 0 Å². The smallest absolute Gasteiger partial charge is 0.0791 e. The highest BCUT2D eigenvalue weighted by molar-refractivity contribution is 5.22. The maximum atomic E-state index is 10.2. The molecule has 1 aliphatic carbocycles. The molecule has 0 saturated heterocycles. The fourth-order valence-electron chi connectivity index (χ4n) is 2.92. The summed E-state index contributed by atoms with van der Waals surface area (Å²) < 4.78 is 0. The second-order valence-electron chi connectivity index (χ2n) is 5.43. The normalized spacial score (nSPS) is 18.5. The Kier molecular flexibility index (Phi) is 4.16. The largest absolute Gasteiger partial charge is 0.388 e. The second kappa shape index (κ2) is 5.63. The maximum Gasteiger partial charge on any atom is 0.0791 e. The Morgan fingerprint density at radius 1 is 1.24 bits per heavy atom. The van der Waals surface area contributed by atoms with Crippen LogP contribution in [0.3, 0.4) is 0 Å². The van der Waals surface area contributed by atoms with E-state index in [1.807, 2.05) is 26.0 Å². The molecule has 1 aromatic heterocycles. The number of hydrogen-bond donors (Lipinski definition) is 1. The number of aliphatic hydroxyl groups excluding tert-OH is 1. The van der Waals surface area contributed by atoms with Gasteiger partial charge >= 0.3 is 0 Å². The highest BCUT2D eigenvalue weighted by Gasteiger charge is 2.17. The predicted molar refractivity (Wildman–Crippen MR) is 69.9 cm³/mol. The highest BCUT2D eigenvalue weighted by atomic mass is 16.3. The molecule has 0 radical (unpaired) electrons. The van der Waals surface area contributed by atoms with Crippen molar-refractivity contribution in [3.63, 3.8) is 0 Å². The summed E-state index contributed by atoms with van der Waals surface area (Å²) in [5.74, 6) is 0.855. The van der Waals surface area contributed by atoms with Gasteiger partial charge in [-0.05, 0) is 50.3 Å². The van der Waals surface area contributed by atoms with Crippen molar-refractivity contribution in [1.82, 2.24) is 4.98 Å². The van der Waals surface area contributed by atoms with Gasteiger partial charge in [0.25, 0.3) is 0 Å². The first kappa shape index (κ1) is 12.6. The molecule has 1 fully saturated rings. The lowest BCUT2D eigenvalue weighted by Crippen LogP contribution is -2.03. The van der Waals surface area contributed by atoms with Crippen molar-refractivity contribution in [2.75, 3.05) is 0 Å². The van der Waals surface area contributed by atoms with Crippen molar-refractivity contribution >= 4 is 0 Å². The first-order chi connectivity index (χ1) is 8.15. The summed E-state index contributed by atoms with van der Waals surface area (Å²) >= 11 is 0. The van der Waals surface area contributed by atoms with Crippen LogP contribution >= 0.6 is 0 Å². The fraction of sp³-hybridized carbons (Fsp3) is 0.667. The van der Waals surface area contributed by atoms with Gasteiger partial charge in [-0.3, -0.25) is 4.98 Å². The molecule has 1 aromatic rings. The van der Waals surface area contributed by atoms with E-state index in [1.165, 1.54) is 32.1 Å². The summed E-state index contributed by atoms with van der Waals surface area (Å²) in [7, 11) is 0. The first-order valence-electron chi connectivity index (χ1n) is 6.78. The molecule has 0 aromatic carbocycles. The zero-order chi connectivity index (χ0) is 12.3. The van der Waals surface area contributed by atoms with E-state index in [-0.39, 0.29) is 6.10 Å². The topological polar surface area (TPSA) is 33.1 Å². The maximum absolute atomic E-state index is 10.2. The molecule has 2 nitrogen and oxygen atoms in total. The molecule has 1 saturated carbocycles. The lowest BCUT2D eigenvalue weighted by Gasteiger charge is -2.15. The van der Waals surface area contributed by atoms with Gasteiger partial charge in [0.2, 0.25) is 0 Å². The number of aromatic nitrogens is 1. The van der Waals surface area contributed by atoms with E-state index in [9.17, 15) is 5.11 Å². The van der Waals surface area contributed by atoms with Gasteiger partial charge in [-0.25, -0.2) is 0 Å². The molecule has 0 spiro atoms. The molecule has 2 rings (SSSR count).